The molecule has 1 atom stereocenters. The number of hydrogen-bond donors (Lipinski definition) is 0. The summed E-state index contributed by atoms with van der Waals surface area (Å²) in [7, 11) is 0. The second kappa shape index (κ2) is 6.60. The van der Waals surface area contributed by atoms with Gasteiger partial charge in [0.25, 0.3) is 6.43 Å². The van der Waals surface area contributed by atoms with E-state index in [4.69, 9.17) is 16.3 Å². The number of fused-ring (bicyclic) bond motifs is 1. The Bertz CT molecular complexity index is 546. The van der Waals surface area contributed by atoms with Crippen molar-refractivity contribution in [3.8, 4) is 0 Å². The van der Waals surface area contributed by atoms with Gasteiger partial charge in [0.05, 0.1) is 31.5 Å². The molecule has 0 aromatic carbocycles. The van der Waals surface area contributed by atoms with Gasteiger partial charge in [0.15, 0.2) is 0 Å². The summed E-state index contributed by atoms with van der Waals surface area (Å²) in [5, 5.41) is 0.173. The topological polar surface area (TPSA) is 41.5 Å². The molecular formula is C14H19ClF2N4O. The van der Waals surface area contributed by atoms with Crippen LogP contribution >= 0.6 is 11.6 Å². The van der Waals surface area contributed by atoms with E-state index in [0.717, 1.165) is 23.6 Å². The van der Waals surface area contributed by atoms with Crippen molar-refractivity contribution in [2.24, 2.45) is 0 Å². The summed E-state index contributed by atoms with van der Waals surface area (Å²) in [5.74, 6) is 0.836. The smallest absolute Gasteiger partial charge is 0.251 e. The van der Waals surface area contributed by atoms with Crippen molar-refractivity contribution < 1.29 is 13.5 Å². The van der Waals surface area contributed by atoms with E-state index < -0.39 is 6.43 Å². The summed E-state index contributed by atoms with van der Waals surface area (Å²) in [6.45, 7) is 4.88. The minimum atomic E-state index is -2.34. The van der Waals surface area contributed by atoms with E-state index in [1.54, 1.807) is 4.90 Å². The highest BCUT2D eigenvalue weighted by Crippen LogP contribution is 2.29. The average molecular weight is 333 g/mol. The first-order valence-electron chi connectivity index (χ1n) is 7.44. The Morgan fingerprint density at radius 1 is 1.36 bits per heavy atom. The van der Waals surface area contributed by atoms with Crippen molar-refractivity contribution in [1.29, 1.82) is 0 Å². The highest BCUT2D eigenvalue weighted by molar-refractivity contribution is 6.28. The van der Waals surface area contributed by atoms with Crippen molar-refractivity contribution in [2.45, 2.75) is 32.4 Å². The Morgan fingerprint density at radius 3 is 2.91 bits per heavy atom. The van der Waals surface area contributed by atoms with E-state index >= 15 is 0 Å². The van der Waals surface area contributed by atoms with Gasteiger partial charge in [-0.1, -0.05) is 0 Å². The fraction of sp³-hybridized carbons (Fsp3) is 0.714. The van der Waals surface area contributed by atoms with E-state index in [9.17, 15) is 8.78 Å². The molecule has 1 fully saturated rings. The molecule has 0 saturated carbocycles. The fourth-order valence-electron chi connectivity index (χ4n) is 3.07. The van der Waals surface area contributed by atoms with Gasteiger partial charge in [0.1, 0.15) is 5.82 Å². The molecule has 3 rings (SSSR count). The molecule has 0 unspecified atom stereocenters. The Labute approximate surface area is 133 Å². The number of halogens is 3. The molecule has 0 radical (unpaired) electrons. The molecule has 2 aliphatic rings. The number of ether oxygens (including phenoxy) is 1. The number of aromatic nitrogens is 2. The monoisotopic (exact) mass is 332 g/mol. The van der Waals surface area contributed by atoms with Gasteiger partial charge >= 0.3 is 0 Å². The first-order valence-corrected chi connectivity index (χ1v) is 7.82. The average Bonchev–Trinajstić information content (AvgIpc) is 2.46. The molecule has 8 heteroatoms. The zero-order valence-corrected chi connectivity index (χ0v) is 13.2. The van der Waals surface area contributed by atoms with E-state index in [1.165, 1.54) is 0 Å². The summed E-state index contributed by atoms with van der Waals surface area (Å²) in [6, 6.07) is 0.211. The Kier molecular flexibility index (Phi) is 4.75. The van der Waals surface area contributed by atoms with Gasteiger partial charge < -0.3 is 9.64 Å². The van der Waals surface area contributed by atoms with Crippen LogP contribution in [-0.2, 0) is 17.7 Å². The lowest BCUT2D eigenvalue weighted by Gasteiger charge is -2.37. The van der Waals surface area contributed by atoms with Crippen molar-refractivity contribution in [3.05, 3.63) is 16.5 Å². The summed E-state index contributed by atoms with van der Waals surface area (Å²) >= 11 is 6.06. The zero-order valence-electron chi connectivity index (χ0n) is 12.4. The first kappa shape index (κ1) is 15.8. The maximum absolute atomic E-state index is 12.6. The predicted octanol–water partition coefficient (Wildman–Crippen LogP) is 1.98. The van der Waals surface area contributed by atoms with Gasteiger partial charge in [0, 0.05) is 25.2 Å². The van der Waals surface area contributed by atoms with E-state index in [2.05, 4.69) is 21.8 Å². The highest BCUT2D eigenvalue weighted by atomic mass is 35.5. The lowest BCUT2D eigenvalue weighted by molar-refractivity contribution is 0.0809. The molecule has 0 aliphatic carbocycles. The number of hydrogen-bond acceptors (Lipinski definition) is 5. The Balaban J connectivity index is 1.88. The molecule has 0 spiro atoms. The molecule has 1 aromatic heterocycles. The van der Waals surface area contributed by atoms with Crippen LogP contribution in [0.4, 0.5) is 14.6 Å². The number of morpholine rings is 1. The molecule has 5 nitrogen and oxygen atoms in total. The van der Waals surface area contributed by atoms with E-state index in [1.807, 2.05) is 0 Å². The molecule has 1 saturated heterocycles. The SMILES string of the molecule is C[C@H]1COCCN1c1nc(Cl)nc2c1CCN(CC(F)F)C2. The zero-order chi connectivity index (χ0) is 15.7. The van der Waals surface area contributed by atoms with Crippen LogP contribution in [0.15, 0.2) is 0 Å². The Morgan fingerprint density at radius 2 is 2.18 bits per heavy atom. The molecule has 3 heterocycles. The third-order valence-corrected chi connectivity index (χ3v) is 4.30. The molecule has 2 aliphatic heterocycles. The van der Waals surface area contributed by atoms with Gasteiger partial charge in [-0.25, -0.2) is 18.7 Å². The summed E-state index contributed by atoms with van der Waals surface area (Å²) in [5.41, 5.74) is 1.80. The van der Waals surface area contributed by atoms with Crippen LogP contribution in [0.2, 0.25) is 5.28 Å². The van der Waals surface area contributed by atoms with Crippen LogP contribution < -0.4 is 4.90 Å². The number of rotatable bonds is 3. The van der Waals surface area contributed by atoms with Crippen molar-refractivity contribution in [2.75, 3.05) is 37.7 Å². The fourth-order valence-corrected chi connectivity index (χ4v) is 3.25. The largest absolute Gasteiger partial charge is 0.377 e. The summed E-state index contributed by atoms with van der Waals surface area (Å²) < 4.78 is 30.6. The van der Waals surface area contributed by atoms with Crippen LogP contribution in [0.3, 0.4) is 0 Å². The minimum Gasteiger partial charge on any atom is -0.377 e. The molecule has 0 amide bonds. The van der Waals surface area contributed by atoms with Crippen molar-refractivity contribution in [3.63, 3.8) is 0 Å². The lowest BCUT2D eigenvalue weighted by Crippen LogP contribution is -2.45. The normalized spacial score (nSPS) is 23.0. The van der Waals surface area contributed by atoms with E-state index in [0.29, 0.717) is 32.7 Å². The molecule has 122 valence electrons. The Hall–Kier alpha value is -1.05. The molecule has 0 N–H and O–H groups in total. The number of alkyl halides is 2. The summed E-state index contributed by atoms with van der Waals surface area (Å²) in [4.78, 5) is 12.6. The maximum atomic E-state index is 12.6. The molecule has 22 heavy (non-hydrogen) atoms. The first-order chi connectivity index (χ1) is 10.5. The van der Waals surface area contributed by atoms with Crippen LogP contribution in [-0.4, -0.2) is 60.2 Å². The number of nitrogens with zero attached hydrogens (tertiary/aromatic N) is 4. The maximum Gasteiger partial charge on any atom is 0.251 e. The van der Waals surface area contributed by atoms with Crippen molar-refractivity contribution in [1.82, 2.24) is 14.9 Å². The lowest BCUT2D eigenvalue weighted by atomic mass is 10.0. The highest BCUT2D eigenvalue weighted by Gasteiger charge is 2.29. The summed E-state index contributed by atoms with van der Waals surface area (Å²) in [6.07, 6.45) is -1.67. The second-order valence-electron chi connectivity index (χ2n) is 5.74. The van der Waals surface area contributed by atoms with Gasteiger partial charge in [0.2, 0.25) is 5.28 Å². The molecular weight excluding hydrogens is 314 g/mol. The van der Waals surface area contributed by atoms with Crippen LogP contribution in [0, 0.1) is 0 Å². The third kappa shape index (κ3) is 3.31. The molecule has 0 bridgehead atoms. The van der Waals surface area contributed by atoms with E-state index in [-0.39, 0.29) is 17.9 Å². The molecule has 1 aromatic rings. The minimum absolute atomic E-state index is 0.173. The second-order valence-corrected chi connectivity index (χ2v) is 6.07. The number of anilines is 1. The standard InChI is InChI=1S/C14H19ClF2N4O/c1-9-8-22-5-4-21(9)13-10-2-3-20(7-12(16)17)6-11(10)18-14(15)19-13/h9,12H,2-8H2,1H3/t9-/m0/s1. The van der Waals surface area contributed by atoms with Crippen LogP contribution in [0.25, 0.3) is 0 Å². The van der Waals surface area contributed by atoms with Crippen LogP contribution in [0.5, 0.6) is 0 Å². The van der Waals surface area contributed by atoms with Gasteiger partial charge in [-0.15, -0.1) is 0 Å². The predicted molar refractivity (Wildman–Crippen MR) is 79.7 cm³/mol. The van der Waals surface area contributed by atoms with Gasteiger partial charge in [-0.2, -0.15) is 0 Å². The van der Waals surface area contributed by atoms with Crippen molar-refractivity contribution >= 4 is 17.4 Å². The van der Waals surface area contributed by atoms with Gasteiger partial charge in [-0.05, 0) is 24.9 Å². The third-order valence-electron chi connectivity index (χ3n) is 4.13. The van der Waals surface area contributed by atoms with Gasteiger partial charge in [-0.3, -0.25) is 4.90 Å². The van der Waals surface area contributed by atoms with Crippen LogP contribution in [0.1, 0.15) is 18.2 Å². The quantitative estimate of drug-likeness (QED) is 0.792.